The Morgan fingerprint density at radius 2 is 2.00 bits per heavy atom. The van der Waals surface area contributed by atoms with Crippen LogP contribution in [-0.2, 0) is 21.3 Å². The minimum absolute atomic E-state index is 0. The van der Waals surface area contributed by atoms with Crippen molar-refractivity contribution in [1.82, 2.24) is 0 Å². The van der Waals surface area contributed by atoms with E-state index in [-0.39, 0.29) is 29.6 Å². The Morgan fingerprint density at radius 3 is 2.60 bits per heavy atom. The Balaban J connectivity index is 0.00000112. The van der Waals surface area contributed by atoms with Crippen molar-refractivity contribution in [3.63, 3.8) is 0 Å². The van der Waals surface area contributed by atoms with Crippen molar-refractivity contribution in [2.24, 2.45) is 0 Å². The van der Waals surface area contributed by atoms with Crippen LogP contribution < -0.4 is 5.32 Å². The number of halogens is 1. The van der Waals surface area contributed by atoms with Gasteiger partial charge < -0.3 is 5.32 Å². The zero-order chi connectivity index (χ0) is 10.3. The number of benzene rings is 1. The summed E-state index contributed by atoms with van der Waals surface area (Å²) in [4.78, 5) is 10.8. The third-order valence-corrected chi connectivity index (χ3v) is 2.96. The summed E-state index contributed by atoms with van der Waals surface area (Å²) >= 11 is 0. The Hall–Kier alpha value is -1.11. The van der Waals surface area contributed by atoms with E-state index in [1.165, 1.54) is 12.1 Å². The van der Waals surface area contributed by atoms with Gasteiger partial charge in [0.15, 0.2) is 0 Å². The molecule has 0 radical (unpaired) electrons. The van der Waals surface area contributed by atoms with Gasteiger partial charge in [0.25, 0.3) is 10.1 Å². The Morgan fingerprint density at radius 1 is 1.33 bits per heavy atom. The highest BCUT2D eigenvalue weighted by atomic mass is 35.5. The number of hydrogen-bond donors (Lipinski definition) is 2. The maximum atomic E-state index is 11.0. The van der Waals surface area contributed by atoms with Crippen LogP contribution in [0.3, 0.4) is 0 Å². The molecular formula is C8H8ClNO4S. The van der Waals surface area contributed by atoms with Crippen molar-refractivity contribution in [2.45, 2.75) is 11.3 Å². The van der Waals surface area contributed by atoms with Crippen LogP contribution in [0, 0.1) is 0 Å². The second-order valence-electron chi connectivity index (χ2n) is 2.98. The smallest absolute Gasteiger partial charge is 0.294 e. The van der Waals surface area contributed by atoms with E-state index in [1.54, 1.807) is 6.07 Å². The van der Waals surface area contributed by atoms with Crippen LogP contribution in [0.15, 0.2) is 23.1 Å². The van der Waals surface area contributed by atoms with Crippen molar-refractivity contribution in [3.8, 4) is 0 Å². The van der Waals surface area contributed by atoms with Crippen LogP contribution in [0.5, 0.6) is 0 Å². The van der Waals surface area contributed by atoms with Gasteiger partial charge in [0.1, 0.15) is 0 Å². The quantitative estimate of drug-likeness (QED) is 0.723. The van der Waals surface area contributed by atoms with Gasteiger partial charge in [-0.3, -0.25) is 9.35 Å². The number of hydrogen-bond acceptors (Lipinski definition) is 3. The highest BCUT2D eigenvalue weighted by Crippen LogP contribution is 2.28. The van der Waals surface area contributed by atoms with Gasteiger partial charge >= 0.3 is 0 Å². The average Bonchev–Trinajstić information content (AvgIpc) is 2.41. The van der Waals surface area contributed by atoms with Crippen LogP contribution in [-0.4, -0.2) is 18.9 Å². The molecule has 0 saturated carbocycles. The first-order valence-electron chi connectivity index (χ1n) is 3.88. The molecule has 1 heterocycles. The highest BCUT2D eigenvalue weighted by Gasteiger charge is 2.25. The molecule has 0 atom stereocenters. The summed E-state index contributed by atoms with van der Waals surface area (Å²) in [5.74, 6) is -0.267. The van der Waals surface area contributed by atoms with Gasteiger partial charge in [-0.05, 0) is 12.1 Å². The molecule has 1 aliphatic heterocycles. The van der Waals surface area contributed by atoms with Crippen molar-refractivity contribution in [2.75, 3.05) is 5.32 Å². The zero-order valence-electron chi connectivity index (χ0n) is 7.43. The summed E-state index contributed by atoms with van der Waals surface area (Å²) in [6.45, 7) is 0. The van der Waals surface area contributed by atoms with E-state index < -0.39 is 10.1 Å². The van der Waals surface area contributed by atoms with Gasteiger partial charge in [-0.15, -0.1) is 12.4 Å². The summed E-state index contributed by atoms with van der Waals surface area (Å²) in [7, 11) is -4.24. The van der Waals surface area contributed by atoms with E-state index in [2.05, 4.69) is 5.32 Å². The van der Waals surface area contributed by atoms with Crippen LogP contribution >= 0.6 is 12.4 Å². The fourth-order valence-electron chi connectivity index (χ4n) is 1.46. The minimum atomic E-state index is -4.24. The normalized spacial score (nSPS) is 14.1. The predicted octanol–water partition coefficient (Wildman–Crippen LogP) is 0.850. The summed E-state index contributed by atoms with van der Waals surface area (Å²) in [6.07, 6.45) is -0.00863. The van der Waals surface area contributed by atoms with Crippen LogP contribution in [0.25, 0.3) is 0 Å². The Labute approximate surface area is 92.6 Å². The van der Waals surface area contributed by atoms with Gasteiger partial charge in [-0.2, -0.15) is 8.42 Å². The number of rotatable bonds is 1. The first kappa shape index (κ1) is 12.0. The molecule has 0 spiro atoms. The number of fused-ring (bicyclic) bond motifs is 1. The first-order chi connectivity index (χ1) is 6.48. The van der Waals surface area contributed by atoms with Gasteiger partial charge in [-0.1, -0.05) is 6.07 Å². The lowest BCUT2D eigenvalue weighted by molar-refractivity contribution is -0.115. The van der Waals surface area contributed by atoms with Gasteiger partial charge in [0.05, 0.1) is 11.3 Å². The van der Waals surface area contributed by atoms with Gasteiger partial charge in [-0.25, -0.2) is 0 Å². The largest absolute Gasteiger partial charge is 0.325 e. The number of carbonyl (C=O) groups excluding carboxylic acids is 1. The lowest BCUT2D eigenvalue weighted by atomic mass is 10.2. The Kier molecular flexibility index (Phi) is 3.03. The van der Waals surface area contributed by atoms with E-state index in [0.717, 1.165) is 0 Å². The molecule has 0 bridgehead atoms. The SMILES string of the molecule is Cl.O=C1Cc2c(cccc2S(=O)(=O)O)N1. The molecule has 5 nitrogen and oxygen atoms in total. The molecule has 0 aromatic heterocycles. The molecule has 1 aromatic rings. The molecule has 0 saturated heterocycles. The number of amides is 1. The second-order valence-corrected chi connectivity index (χ2v) is 4.37. The molecule has 0 unspecified atom stereocenters. The predicted molar refractivity (Wildman–Crippen MR) is 55.8 cm³/mol. The summed E-state index contributed by atoms with van der Waals surface area (Å²) in [6, 6.07) is 4.33. The average molecular weight is 250 g/mol. The van der Waals surface area contributed by atoms with E-state index in [0.29, 0.717) is 11.3 Å². The van der Waals surface area contributed by atoms with Gasteiger partial charge in [0, 0.05) is 11.3 Å². The molecule has 7 heteroatoms. The van der Waals surface area contributed by atoms with E-state index in [4.69, 9.17) is 4.55 Å². The van der Waals surface area contributed by atoms with E-state index in [9.17, 15) is 13.2 Å². The maximum Gasteiger partial charge on any atom is 0.294 e. The summed E-state index contributed by atoms with van der Waals surface area (Å²) in [5, 5.41) is 2.50. The Bertz CT molecular complexity index is 511. The highest BCUT2D eigenvalue weighted by molar-refractivity contribution is 7.85. The maximum absolute atomic E-state index is 11.0. The molecule has 1 aromatic carbocycles. The molecule has 82 valence electrons. The number of anilines is 1. The van der Waals surface area contributed by atoms with Crippen molar-refractivity contribution < 1.29 is 17.8 Å². The molecule has 1 aliphatic rings. The summed E-state index contributed by atoms with van der Waals surface area (Å²) in [5.41, 5.74) is 0.783. The van der Waals surface area contributed by atoms with Crippen LogP contribution in [0.1, 0.15) is 5.56 Å². The monoisotopic (exact) mass is 249 g/mol. The zero-order valence-corrected chi connectivity index (χ0v) is 9.06. The molecule has 0 aliphatic carbocycles. The van der Waals surface area contributed by atoms with Gasteiger partial charge in [0.2, 0.25) is 5.91 Å². The summed E-state index contributed by atoms with van der Waals surface area (Å²) < 4.78 is 30.7. The fourth-order valence-corrected chi connectivity index (χ4v) is 2.21. The third kappa shape index (κ3) is 2.11. The number of nitrogens with one attached hydrogen (secondary N) is 1. The second kappa shape index (κ2) is 3.80. The topological polar surface area (TPSA) is 83.5 Å². The third-order valence-electron chi connectivity index (χ3n) is 2.02. The fraction of sp³-hybridized carbons (Fsp3) is 0.125. The standard InChI is InChI=1S/C8H7NO4S.ClH/c10-8-4-5-6(9-8)2-1-3-7(5)14(11,12)13;/h1-3H,4H2,(H,9,10)(H,11,12,13);1H. The van der Waals surface area contributed by atoms with E-state index in [1.807, 2.05) is 0 Å². The van der Waals surface area contributed by atoms with Crippen molar-refractivity contribution in [1.29, 1.82) is 0 Å². The van der Waals surface area contributed by atoms with E-state index >= 15 is 0 Å². The van der Waals surface area contributed by atoms with Crippen molar-refractivity contribution >= 4 is 34.1 Å². The molecule has 0 fully saturated rings. The molecule has 15 heavy (non-hydrogen) atoms. The van der Waals surface area contributed by atoms with Crippen LogP contribution in [0.4, 0.5) is 5.69 Å². The molecular weight excluding hydrogens is 242 g/mol. The first-order valence-corrected chi connectivity index (χ1v) is 5.32. The number of carbonyl (C=O) groups is 1. The molecule has 1 amide bonds. The molecule has 2 rings (SSSR count). The molecule has 2 N–H and O–H groups in total. The lowest BCUT2D eigenvalue weighted by Crippen LogP contribution is -2.04. The minimum Gasteiger partial charge on any atom is -0.325 e. The lowest BCUT2D eigenvalue weighted by Gasteiger charge is -2.02. The van der Waals surface area contributed by atoms with Crippen molar-refractivity contribution in [3.05, 3.63) is 23.8 Å². The van der Waals surface area contributed by atoms with Crippen LogP contribution in [0.2, 0.25) is 0 Å².